The van der Waals surface area contributed by atoms with Crippen molar-refractivity contribution in [1.82, 2.24) is 0 Å². The zero-order valence-corrected chi connectivity index (χ0v) is 10.6. The van der Waals surface area contributed by atoms with Gasteiger partial charge in [-0.3, -0.25) is 4.72 Å². The summed E-state index contributed by atoms with van der Waals surface area (Å²) in [6.07, 6.45) is 0. The summed E-state index contributed by atoms with van der Waals surface area (Å²) in [5.74, 6) is 0. The van der Waals surface area contributed by atoms with E-state index in [1.807, 2.05) is 0 Å². The Morgan fingerprint density at radius 3 is 2.64 bits per heavy atom. The molecular weight excluding hydrogens is 290 g/mol. The molecular formula is C8H9BrClNO2S. The average molecular weight is 299 g/mol. The molecule has 0 unspecified atom stereocenters. The monoisotopic (exact) mass is 297 g/mol. The van der Waals surface area contributed by atoms with Crippen molar-refractivity contribution in [3.63, 3.8) is 0 Å². The van der Waals surface area contributed by atoms with E-state index in [1.54, 1.807) is 25.1 Å². The molecule has 3 nitrogen and oxygen atoms in total. The molecule has 0 atom stereocenters. The number of hydrogen-bond acceptors (Lipinski definition) is 2. The van der Waals surface area contributed by atoms with Crippen molar-refractivity contribution in [2.45, 2.75) is 6.92 Å². The van der Waals surface area contributed by atoms with Crippen LogP contribution in [0, 0.1) is 6.92 Å². The molecule has 0 aliphatic carbocycles. The number of benzene rings is 1. The molecule has 0 aliphatic heterocycles. The zero-order chi connectivity index (χ0) is 10.8. The number of hydrogen-bond donors (Lipinski definition) is 1. The van der Waals surface area contributed by atoms with Crippen LogP contribution in [0.25, 0.3) is 0 Å². The molecule has 1 aromatic rings. The molecule has 0 bridgehead atoms. The first-order valence-corrected chi connectivity index (χ1v) is 6.93. The maximum absolute atomic E-state index is 11.3. The van der Waals surface area contributed by atoms with Crippen LogP contribution < -0.4 is 4.72 Å². The molecule has 0 aromatic heterocycles. The van der Waals surface area contributed by atoms with Gasteiger partial charge < -0.3 is 0 Å². The summed E-state index contributed by atoms with van der Waals surface area (Å²) in [7, 11) is -3.34. The standard InChI is InChI=1S/C8H9BrClNO2S/c1-6-3-2-4-7(10)8(6)11-14(12,13)5-9/h2-4,11H,5H2,1H3. The van der Waals surface area contributed by atoms with Gasteiger partial charge in [0.2, 0.25) is 10.0 Å². The van der Waals surface area contributed by atoms with Gasteiger partial charge in [-0.1, -0.05) is 39.7 Å². The summed E-state index contributed by atoms with van der Waals surface area (Å²) in [6.45, 7) is 1.79. The normalized spacial score (nSPS) is 11.4. The highest BCUT2D eigenvalue weighted by Gasteiger charge is 2.11. The number of nitrogens with one attached hydrogen (secondary N) is 1. The van der Waals surface area contributed by atoms with Gasteiger partial charge in [-0.05, 0) is 18.6 Å². The summed E-state index contributed by atoms with van der Waals surface area (Å²) in [5.41, 5.74) is 1.23. The number of rotatable bonds is 3. The molecule has 0 spiro atoms. The van der Waals surface area contributed by atoms with Crippen LogP contribution in [0.1, 0.15) is 5.56 Å². The summed E-state index contributed by atoms with van der Waals surface area (Å²) in [5, 5.41) is 0.398. The number of halogens is 2. The van der Waals surface area contributed by atoms with E-state index in [1.165, 1.54) is 0 Å². The summed E-state index contributed by atoms with van der Waals surface area (Å²) < 4.78 is 24.8. The lowest BCUT2D eigenvalue weighted by Crippen LogP contribution is -2.14. The second kappa shape index (κ2) is 4.51. The number of aryl methyl sites for hydroxylation is 1. The molecule has 78 valence electrons. The van der Waals surface area contributed by atoms with Crippen LogP contribution >= 0.6 is 27.5 Å². The van der Waals surface area contributed by atoms with Gasteiger partial charge in [-0.2, -0.15) is 0 Å². The molecule has 0 saturated carbocycles. The Kier molecular flexibility index (Phi) is 3.80. The number of para-hydroxylation sites is 1. The predicted molar refractivity (Wildman–Crippen MR) is 62.5 cm³/mol. The fourth-order valence-corrected chi connectivity index (χ4v) is 2.25. The van der Waals surface area contributed by atoms with Gasteiger partial charge >= 0.3 is 0 Å². The fraction of sp³-hybridized carbons (Fsp3) is 0.250. The fourth-order valence-electron chi connectivity index (χ4n) is 0.944. The van der Waals surface area contributed by atoms with Crippen molar-refractivity contribution in [2.24, 2.45) is 0 Å². The summed E-state index contributed by atoms with van der Waals surface area (Å²) in [4.78, 5) is 0. The molecule has 0 heterocycles. The predicted octanol–water partition coefficient (Wildman–Crippen LogP) is 2.74. The maximum atomic E-state index is 11.3. The Labute approximate surface area is 96.6 Å². The highest BCUT2D eigenvalue weighted by Crippen LogP contribution is 2.26. The first-order valence-electron chi connectivity index (χ1n) is 3.78. The van der Waals surface area contributed by atoms with Crippen molar-refractivity contribution >= 4 is 43.2 Å². The Hall–Kier alpha value is -0.260. The minimum absolute atomic E-state index is 0.148. The minimum Gasteiger partial charge on any atom is -0.281 e. The van der Waals surface area contributed by atoms with Gasteiger partial charge in [0.25, 0.3) is 0 Å². The van der Waals surface area contributed by atoms with Crippen molar-refractivity contribution < 1.29 is 8.42 Å². The Bertz CT molecular complexity index is 413. The lowest BCUT2D eigenvalue weighted by molar-refractivity contribution is 0.606. The average Bonchev–Trinajstić information content (AvgIpc) is 2.12. The lowest BCUT2D eigenvalue weighted by atomic mass is 10.2. The highest BCUT2D eigenvalue weighted by atomic mass is 79.9. The van der Waals surface area contributed by atoms with Crippen molar-refractivity contribution in [3.8, 4) is 0 Å². The first-order chi connectivity index (χ1) is 6.46. The van der Waals surface area contributed by atoms with Crippen molar-refractivity contribution in [2.75, 3.05) is 9.38 Å². The van der Waals surface area contributed by atoms with Crippen LogP contribution in [-0.4, -0.2) is 13.1 Å². The molecule has 6 heteroatoms. The topological polar surface area (TPSA) is 46.2 Å². The largest absolute Gasteiger partial charge is 0.281 e. The van der Waals surface area contributed by atoms with Crippen LogP contribution in [0.5, 0.6) is 0 Å². The third-order valence-corrected chi connectivity index (χ3v) is 4.55. The molecule has 14 heavy (non-hydrogen) atoms. The second-order valence-electron chi connectivity index (χ2n) is 2.76. The summed E-state index contributed by atoms with van der Waals surface area (Å²) in [6, 6.07) is 5.20. The second-order valence-corrected chi connectivity index (χ2v) is 6.19. The van der Waals surface area contributed by atoms with Crippen LogP contribution in [0.15, 0.2) is 18.2 Å². The van der Waals surface area contributed by atoms with E-state index in [2.05, 4.69) is 20.7 Å². The third-order valence-electron chi connectivity index (χ3n) is 1.62. The lowest BCUT2D eigenvalue weighted by Gasteiger charge is -2.09. The van der Waals surface area contributed by atoms with Crippen LogP contribution in [0.4, 0.5) is 5.69 Å². The van der Waals surface area contributed by atoms with Crippen LogP contribution in [0.2, 0.25) is 5.02 Å². The number of alkyl halides is 1. The number of anilines is 1. The van der Waals surface area contributed by atoms with E-state index < -0.39 is 10.0 Å². The van der Waals surface area contributed by atoms with E-state index in [-0.39, 0.29) is 4.66 Å². The van der Waals surface area contributed by atoms with Gasteiger partial charge in [0.05, 0.1) is 10.7 Å². The van der Waals surface area contributed by atoms with Crippen LogP contribution in [-0.2, 0) is 10.0 Å². The van der Waals surface area contributed by atoms with E-state index >= 15 is 0 Å². The minimum atomic E-state index is -3.34. The van der Waals surface area contributed by atoms with Gasteiger partial charge in [-0.25, -0.2) is 8.42 Å². The highest BCUT2D eigenvalue weighted by molar-refractivity contribution is 9.10. The summed E-state index contributed by atoms with van der Waals surface area (Å²) >= 11 is 8.73. The molecule has 1 rings (SSSR count). The first kappa shape index (κ1) is 11.8. The Balaban J connectivity index is 3.09. The quantitative estimate of drug-likeness (QED) is 0.872. The van der Waals surface area contributed by atoms with Crippen molar-refractivity contribution in [1.29, 1.82) is 0 Å². The van der Waals surface area contributed by atoms with Crippen LogP contribution in [0.3, 0.4) is 0 Å². The van der Waals surface area contributed by atoms with E-state index in [0.29, 0.717) is 10.7 Å². The molecule has 0 radical (unpaired) electrons. The SMILES string of the molecule is Cc1cccc(Cl)c1NS(=O)(=O)CBr. The van der Waals surface area contributed by atoms with Gasteiger partial charge in [-0.15, -0.1) is 0 Å². The molecule has 0 fully saturated rings. The third kappa shape index (κ3) is 2.87. The maximum Gasteiger partial charge on any atom is 0.242 e. The molecule has 1 aromatic carbocycles. The van der Waals surface area contributed by atoms with Crippen molar-refractivity contribution in [3.05, 3.63) is 28.8 Å². The smallest absolute Gasteiger partial charge is 0.242 e. The number of sulfonamides is 1. The van der Waals surface area contributed by atoms with E-state index in [9.17, 15) is 8.42 Å². The van der Waals surface area contributed by atoms with Gasteiger partial charge in [0.1, 0.15) is 4.66 Å². The van der Waals surface area contributed by atoms with E-state index in [4.69, 9.17) is 11.6 Å². The molecule has 0 amide bonds. The Morgan fingerprint density at radius 2 is 2.14 bits per heavy atom. The zero-order valence-electron chi connectivity index (χ0n) is 7.42. The molecule has 0 saturated heterocycles. The molecule has 0 aliphatic rings. The Morgan fingerprint density at radius 1 is 1.50 bits per heavy atom. The van der Waals surface area contributed by atoms with Gasteiger partial charge in [0, 0.05) is 0 Å². The van der Waals surface area contributed by atoms with Gasteiger partial charge in [0.15, 0.2) is 0 Å². The molecule has 1 N–H and O–H groups in total. The van der Waals surface area contributed by atoms with E-state index in [0.717, 1.165) is 5.56 Å².